The third kappa shape index (κ3) is 4.53. The number of carbonyl (C=O) groups is 1. The van der Waals surface area contributed by atoms with Crippen molar-refractivity contribution in [2.45, 2.75) is 4.90 Å². The van der Waals surface area contributed by atoms with Crippen LogP contribution in [0.15, 0.2) is 71.6 Å². The molecule has 0 aliphatic heterocycles. The molecule has 156 valence electrons. The molecule has 0 aromatic heterocycles. The molecule has 30 heavy (non-hydrogen) atoms. The van der Waals surface area contributed by atoms with Gasteiger partial charge in [0.2, 0.25) is 0 Å². The molecule has 9 heteroatoms. The molecule has 0 heterocycles. The minimum Gasteiger partial charge on any atom is -0.497 e. The van der Waals surface area contributed by atoms with Crippen LogP contribution in [0.5, 0.6) is 5.75 Å². The van der Waals surface area contributed by atoms with Gasteiger partial charge in [-0.05, 0) is 60.7 Å². The highest BCUT2D eigenvalue weighted by Crippen LogP contribution is 2.30. The van der Waals surface area contributed by atoms with Crippen LogP contribution in [0.4, 0.5) is 11.4 Å². The van der Waals surface area contributed by atoms with E-state index in [9.17, 15) is 13.2 Å². The Morgan fingerprint density at radius 2 is 1.60 bits per heavy atom. The highest BCUT2D eigenvalue weighted by molar-refractivity contribution is 7.92. The van der Waals surface area contributed by atoms with Crippen molar-refractivity contribution in [2.24, 2.45) is 0 Å². The predicted octanol–water partition coefficient (Wildman–Crippen LogP) is 5.08. The second kappa shape index (κ2) is 8.95. The Bertz CT molecular complexity index is 1160. The lowest BCUT2D eigenvalue weighted by molar-refractivity contribution is 0.102. The molecule has 6 nitrogen and oxygen atoms in total. The van der Waals surface area contributed by atoms with Gasteiger partial charge < -0.3 is 10.1 Å². The van der Waals surface area contributed by atoms with Crippen molar-refractivity contribution >= 4 is 50.5 Å². The van der Waals surface area contributed by atoms with Gasteiger partial charge in [0.05, 0.1) is 33.4 Å². The summed E-state index contributed by atoms with van der Waals surface area (Å²) in [6.45, 7) is 0. The van der Waals surface area contributed by atoms with E-state index >= 15 is 0 Å². The molecule has 3 aromatic rings. The maximum absolute atomic E-state index is 12.8. The lowest BCUT2D eigenvalue weighted by Gasteiger charge is -2.20. The predicted molar refractivity (Wildman–Crippen MR) is 119 cm³/mol. The van der Waals surface area contributed by atoms with E-state index in [4.69, 9.17) is 27.9 Å². The van der Waals surface area contributed by atoms with Gasteiger partial charge in [0.1, 0.15) is 5.75 Å². The van der Waals surface area contributed by atoms with Crippen LogP contribution in [0.25, 0.3) is 0 Å². The zero-order valence-electron chi connectivity index (χ0n) is 16.1. The maximum Gasteiger partial charge on any atom is 0.264 e. The van der Waals surface area contributed by atoms with Crippen molar-refractivity contribution < 1.29 is 17.9 Å². The number of nitrogens with one attached hydrogen (secondary N) is 1. The maximum atomic E-state index is 12.8. The SMILES string of the molecule is COc1ccc(S(=O)(=O)N(C)c2ccc(C(=O)Nc3cccc(Cl)c3Cl)cc2)cc1. The Morgan fingerprint density at radius 3 is 2.20 bits per heavy atom. The van der Waals surface area contributed by atoms with Crippen LogP contribution in [0, 0.1) is 0 Å². The van der Waals surface area contributed by atoms with Gasteiger partial charge in [-0.2, -0.15) is 0 Å². The summed E-state index contributed by atoms with van der Waals surface area (Å²) in [7, 11) is -0.811. The van der Waals surface area contributed by atoms with Crippen molar-refractivity contribution in [3.8, 4) is 5.75 Å². The Kier molecular flexibility index (Phi) is 6.55. The number of nitrogens with zero attached hydrogens (tertiary/aromatic N) is 1. The van der Waals surface area contributed by atoms with E-state index in [1.165, 1.54) is 38.4 Å². The summed E-state index contributed by atoms with van der Waals surface area (Å²) in [6.07, 6.45) is 0. The van der Waals surface area contributed by atoms with Gasteiger partial charge >= 0.3 is 0 Å². The first kappa shape index (κ1) is 22.0. The number of hydrogen-bond acceptors (Lipinski definition) is 4. The molecule has 0 radical (unpaired) electrons. The summed E-state index contributed by atoms with van der Waals surface area (Å²) in [4.78, 5) is 12.6. The van der Waals surface area contributed by atoms with E-state index in [1.54, 1.807) is 42.5 Å². The summed E-state index contributed by atoms with van der Waals surface area (Å²) in [5.41, 5.74) is 1.13. The molecule has 1 amide bonds. The van der Waals surface area contributed by atoms with Crippen molar-refractivity contribution in [1.29, 1.82) is 0 Å². The number of amides is 1. The average molecular weight is 465 g/mol. The first-order chi connectivity index (χ1) is 14.2. The number of ether oxygens (including phenoxy) is 1. The molecule has 0 saturated carbocycles. The van der Waals surface area contributed by atoms with Crippen molar-refractivity contribution in [1.82, 2.24) is 0 Å². The van der Waals surface area contributed by atoms with Crippen LogP contribution >= 0.6 is 23.2 Å². The molecule has 0 bridgehead atoms. The van der Waals surface area contributed by atoms with Gasteiger partial charge in [0, 0.05) is 12.6 Å². The zero-order valence-corrected chi connectivity index (χ0v) is 18.4. The molecular formula is C21H18Cl2N2O4S. The van der Waals surface area contributed by atoms with Crippen LogP contribution in [-0.4, -0.2) is 28.5 Å². The fourth-order valence-corrected chi connectivity index (χ4v) is 4.21. The number of carbonyl (C=O) groups excluding carboxylic acids is 1. The van der Waals surface area contributed by atoms with E-state index in [2.05, 4.69) is 5.32 Å². The first-order valence-corrected chi connectivity index (χ1v) is 10.9. The fraction of sp³-hybridized carbons (Fsp3) is 0.0952. The smallest absolute Gasteiger partial charge is 0.264 e. The molecule has 0 aliphatic rings. The Morgan fingerprint density at radius 1 is 0.967 bits per heavy atom. The molecule has 0 unspecified atom stereocenters. The number of halogens is 2. The zero-order chi connectivity index (χ0) is 21.9. The number of hydrogen-bond donors (Lipinski definition) is 1. The lowest BCUT2D eigenvalue weighted by Crippen LogP contribution is -2.26. The van der Waals surface area contributed by atoms with Crippen molar-refractivity contribution in [2.75, 3.05) is 23.8 Å². The second-order valence-corrected chi connectivity index (χ2v) is 9.00. The summed E-state index contributed by atoms with van der Waals surface area (Å²) in [5, 5.41) is 3.26. The number of methoxy groups -OCH3 is 1. The van der Waals surface area contributed by atoms with Gasteiger partial charge in [-0.3, -0.25) is 9.10 Å². The number of rotatable bonds is 6. The quantitative estimate of drug-likeness (QED) is 0.551. The average Bonchev–Trinajstić information content (AvgIpc) is 2.76. The molecule has 3 rings (SSSR count). The summed E-state index contributed by atoms with van der Waals surface area (Å²) in [5.74, 6) is 0.165. The fourth-order valence-electron chi connectivity index (χ4n) is 2.66. The lowest BCUT2D eigenvalue weighted by atomic mass is 10.2. The van der Waals surface area contributed by atoms with Gasteiger partial charge in [-0.1, -0.05) is 29.3 Å². The molecule has 0 spiro atoms. The van der Waals surface area contributed by atoms with Crippen LogP contribution in [0.3, 0.4) is 0 Å². The minimum absolute atomic E-state index is 0.128. The molecule has 0 atom stereocenters. The molecule has 0 saturated heterocycles. The molecule has 3 aromatic carbocycles. The Hall–Kier alpha value is -2.74. The number of benzene rings is 3. The van der Waals surface area contributed by atoms with E-state index in [-0.39, 0.29) is 9.92 Å². The first-order valence-electron chi connectivity index (χ1n) is 8.72. The van der Waals surface area contributed by atoms with E-state index in [1.807, 2.05) is 0 Å². The molecule has 1 N–H and O–H groups in total. The third-order valence-corrected chi connectivity index (χ3v) is 7.03. The largest absolute Gasteiger partial charge is 0.497 e. The van der Waals surface area contributed by atoms with Crippen LogP contribution < -0.4 is 14.4 Å². The minimum atomic E-state index is -3.76. The normalized spacial score (nSPS) is 11.1. The molecule has 0 aliphatic carbocycles. The van der Waals surface area contributed by atoms with E-state index in [0.29, 0.717) is 27.7 Å². The molecular weight excluding hydrogens is 447 g/mol. The number of sulfonamides is 1. The van der Waals surface area contributed by atoms with Crippen LogP contribution in [0.1, 0.15) is 10.4 Å². The standard InChI is InChI=1S/C21H18Cl2N2O4S/c1-25(30(27,28)17-12-10-16(29-2)11-13-17)15-8-6-14(7-9-15)21(26)24-19-5-3-4-18(22)20(19)23/h3-13H,1-2H3,(H,24,26). The summed E-state index contributed by atoms with van der Waals surface area (Å²) >= 11 is 12.0. The van der Waals surface area contributed by atoms with Gasteiger partial charge in [-0.15, -0.1) is 0 Å². The third-order valence-electron chi connectivity index (χ3n) is 4.41. The highest BCUT2D eigenvalue weighted by Gasteiger charge is 2.21. The van der Waals surface area contributed by atoms with Crippen LogP contribution in [0.2, 0.25) is 10.0 Å². The van der Waals surface area contributed by atoms with Crippen molar-refractivity contribution in [3.63, 3.8) is 0 Å². The van der Waals surface area contributed by atoms with E-state index < -0.39 is 15.9 Å². The van der Waals surface area contributed by atoms with E-state index in [0.717, 1.165) is 4.31 Å². The van der Waals surface area contributed by atoms with Crippen molar-refractivity contribution in [3.05, 3.63) is 82.3 Å². The van der Waals surface area contributed by atoms with Crippen LogP contribution in [-0.2, 0) is 10.0 Å². The Labute approximate surface area is 185 Å². The van der Waals surface area contributed by atoms with Gasteiger partial charge in [-0.25, -0.2) is 8.42 Å². The topological polar surface area (TPSA) is 75.7 Å². The molecule has 0 fully saturated rings. The van der Waals surface area contributed by atoms with Gasteiger partial charge in [0.15, 0.2) is 0 Å². The van der Waals surface area contributed by atoms with Gasteiger partial charge in [0.25, 0.3) is 15.9 Å². The second-order valence-electron chi connectivity index (χ2n) is 6.25. The Balaban J connectivity index is 1.78. The monoisotopic (exact) mass is 464 g/mol. The number of anilines is 2. The highest BCUT2D eigenvalue weighted by atomic mass is 35.5. The summed E-state index contributed by atoms with van der Waals surface area (Å²) < 4.78 is 31.9. The summed E-state index contributed by atoms with van der Waals surface area (Å²) in [6, 6.07) is 17.2.